The smallest absolute Gasteiger partial charge is 0.175 e. The van der Waals surface area contributed by atoms with E-state index in [4.69, 9.17) is 0 Å². The fraction of sp³-hybridized carbons (Fsp3) is 0.538. The topological polar surface area (TPSA) is 80.3 Å². The van der Waals surface area contributed by atoms with Gasteiger partial charge in [0, 0.05) is 23.7 Å². The van der Waals surface area contributed by atoms with Gasteiger partial charge in [-0.25, -0.2) is 16.8 Å². The summed E-state index contributed by atoms with van der Waals surface area (Å²) in [6.45, 7) is 5.22. The average Bonchev–Trinajstić information content (AvgIpc) is 2.30. The molecule has 0 spiro atoms. The Morgan fingerprint density at radius 3 is 2.30 bits per heavy atom. The van der Waals surface area contributed by atoms with E-state index in [0.717, 1.165) is 11.8 Å². The van der Waals surface area contributed by atoms with Gasteiger partial charge in [-0.15, -0.1) is 0 Å². The Balaban J connectivity index is 2.98. The van der Waals surface area contributed by atoms with Crippen LogP contribution < -0.4 is 5.32 Å². The van der Waals surface area contributed by atoms with E-state index in [1.807, 2.05) is 6.92 Å². The number of rotatable bonds is 6. The zero-order valence-electron chi connectivity index (χ0n) is 12.2. The Morgan fingerprint density at radius 2 is 1.80 bits per heavy atom. The molecule has 0 saturated heterocycles. The summed E-state index contributed by atoms with van der Waals surface area (Å²) in [6.07, 6.45) is 1.15. The van der Waals surface area contributed by atoms with Crippen LogP contribution in [-0.2, 0) is 19.7 Å². The molecule has 114 valence electrons. The Hall–Kier alpha value is -1.08. The normalized spacial score (nSPS) is 14.0. The van der Waals surface area contributed by atoms with Gasteiger partial charge in [0.25, 0.3) is 0 Å². The minimum absolute atomic E-state index is 0.0199. The van der Waals surface area contributed by atoms with Crippen LogP contribution in [0.1, 0.15) is 19.4 Å². The molecule has 0 heterocycles. The first-order valence-electron chi connectivity index (χ1n) is 6.33. The van der Waals surface area contributed by atoms with E-state index in [1.54, 1.807) is 32.0 Å². The number of hydrogen-bond acceptors (Lipinski definition) is 5. The van der Waals surface area contributed by atoms with Crippen molar-refractivity contribution in [2.45, 2.75) is 31.7 Å². The Bertz CT molecular complexity index is 678. The summed E-state index contributed by atoms with van der Waals surface area (Å²) in [5.74, 6) is 0.118. The van der Waals surface area contributed by atoms with Crippen molar-refractivity contribution in [3.63, 3.8) is 0 Å². The van der Waals surface area contributed by atoms with Gasteiger partial charge in [-0.1, -0.05) is 13.0 Å². The van der Waals surface area contributed by atoms with Crippen molar-refractivity contribution < 1.29 is 16.8 Å². The van der Waals surface area contributed by atoms with E-state index >= 15 is 0 Å². The first kappa shape index (κ1) is 17.0. The van der Waals surface area contributed by atoms with Gasteiger partial charge in [0.15, 0.2) is 19.7 Å². The maximum Gasteiger partial charge on any atom is 0.175 e. The maximum absolute atomic E-state index is 11.6. The number of aryl methyl sites for hydroxylation is 1. The molecule has 1 aromatic rings. The second-order valence-corrected chi connectivity index (χ2v) is 9.41. The van der Waals surface area contributed by atoms with E-state index in [0.29, 0.717) is 5.69 Å². The minimum atomic E-state index is -3.28. The highest BCUT2D eigenvalue weighted by atomic mass is 32.2. The number of benzene rings is 1. The van der Waals surface area contributed by atoms with Crippen LogP contribution in [0.5, 0.6) is 0 Å². The summed E-state index contributed by atoms with van der Waals surface area (Å²) in [5, 5.41) is 3.07. The Labute approximate surface area is 121 Å². The van der Waals surface area contributed by atoms with Crippen molar-refractivity contribution in [2.75, 3.05) is 23.1 Å². The van der Waals surface area contributed by atoms with Crippen molar-refractivity contribution in [1.29, 1.82) is 0 Å². The molecular weight excluding hydrogens is 298 g/mol. The molecule has 1 N–H and O–H groups in total. The molecule has 1 rings (SSSR count). The molecule has 1 aromatic carbocycles. The average molecular weight is 319 g/mol. The van der Waals surface area contributed by atoms with E-state index in [9.17, 15) is 16.8 Å². The molecule has 0 aromatic heterocycles. The van der Waals surface area contributed by atoms with Crippen LogP contribution in [0.15, 0.2) is 23.1 Å². The van der Waals surface area contributed by atoms with Crippen LogP contribution in [0, 0.1) is 6.92 Å². The van der Waals surface area contributed by atoms with Gasteiger partial charge in [0.1, 0.15) is 0 Å². The molecule has 5 nitrogen and oxygen atoms in total. The fourth-order valence-corrected chi connectivity index (χ4v) is 3.52. The molecule has 7 heteroatoms. The molecule has 0 saturated carbocycles. The summed E-state index contributed by atoms with van der Waals surface area (Å²) in [4.78, 5) is 0.219. The maximum atomic E-state index is 11.6. The summed E-state index contributed by atoms with van der Waals surface area (Å²) in [5.41, 5.74) is 1.52. The minimum Gasteiger partial charge on any atom is -0.381 e. The number of anilines is 1. The van der Waals surface area contributed by atoms with Gasteiger partial charge in [-0.05, 0) is 31.5 Å². The van der Waals surface area contributed by atoms with E-state index in [-0.39, 0.29) is 22.4 Å². The van der Waals surface area contributed by atoms with Crippen LogP contribution in [0.3, 0.4) is 0 Å². The van der Waals surface area contributed by atoms with Gasteiger partial charge >= 0.3 is 0 Å². The molecule has 1 atom stereocenters. The van der Waals surface area contributed by atoms with Crippen LogP contribution in [0.4, 0.5) is 5.69 Å². The lowest BCUT2D eigenvalue weighted by molar-refractivity contribution is 0.592. The van der Waals surface area contributed by atoms with Crippen molar-refractivity contribution in [3.8, 4) is 0 Å². The van der Waals surface area contributed by atoms with Crippen molar-refractivity contribution in [1.82, 2.24) is 0 Å². The quantitative estimate of drug-likeness (QED) is 0.862. The first-order valence-corrected chi connectivity index (χ1v) is 10.0. The van der Waals surface area contributed by atoms with E-state index in [1.165, 1.54) is 0 Å². The van der Waals surface area contributed by atoms with Crippen LogP contribution in [-0.4, -0.2) is 40.6 Å². The lowest BCUT2D eigenvalue weighted by Crippen LogP contribution is -2.27. The number of sulfone groups is 2. The summed E-state index contributed by atoms with van der Waals surface area (Å²) >= 11 is 0. The lowest BCUT2D eigenvalue weighted by Gasteiger charge is -2.17. The van der Waals surface area contributed by atoms with E-state index in [2.05, 4.69) is 5.32 Å². The monoisotopic (exact) mass is 319 g/mol. The molecule has 0 aliphatic heterocycles. The third kappa shape index (κ3) is 4.79. The van der Waals surface area contributed by atoms with Gasteiger partial charge in [-0.2, -0.15) is 0 Å². The Morgan fingerprint density at radius 1 is 1.20 bits per heavy atom. The summed E-state index contributed by atoms with van der Waals surface area (Å²) in [6, 6.07) is 4.51. The van der Waals surface area contributed by atoms with Gasteiger partial charge < -0.3 is 5.32 Å². The van der Waals surface area contributed by atoms with Crippen molar-refractivity contribution in [3.05, 3.63) is 23.8 Å². The standard InChI is InChI=1S/C13H21NO4S2/c1-5-20(17,18)9-11(3)14-13-8-12(19(4,15)16)7-6-10(13)2/h6-8,11,14H,5,9H2,1-4H3. The molecule has 0 amide bonds. The van der Waals surface area contributed by atoms with E-state index < -0.39 is 19.7 Å². The van der Waals surface area contributed by atoms with Gasteiger partial charge in [0.2, 0.25) is 0 Å². The first-order chi connectivity index (χ1) is 9.05. The second-order valence-electron chi connectivity index (χ2n) is 4.99. The molecule has 0 radical (unpaired) electrons. The number of hydrogen-bond donors (Lipinski definition) is 1. The molecular formula is C13H21NO4S2. The highest BCUT2D eigenvalue weighted by Gasteiger charge is 2.15. The number of nitrogens with one attached hydrogen (secondary N) is 1. The van der Waals surface area contributed by atoms with Crippen LogP contribution in [0.2, 0.25) is 0 Å². The molecule has 0 fully saturated rings. The molecule has 0 aliphatic rings. The zero-order valence-corrected chi connectivity index (χ0v) is 13.8. The van der Waals surface area contributed by atoms with Gasteiger partial charge in [0.05, 0.1) is 10.6 Å². The van der Waals surface area contributed by atoms with Gasteiger partial charge in [-0.3, -0.25) is 0 Å². The SMILES string of the molecule is CCS(=O)(=O)CC(C)Nc1cc(S(C)(=O)=O)ccc1C. The van der Waals surface area contributed by atoms with Crippen molar-refractivity contribution >= 4 is 25.4 Å². The highest BCUT2D eigenvalue weighted by Crippen LogP contribution is 2.21. The second kappa shape index (κ2) is 6.13. The fourth-order valence-electron chi connectivity index (χ4n) is 1.79. The lowest BCUT2D eigenvalue weighted by atomic mass is 10.2. The zero-order chi connectivity index (χ0) is 15.6. The Kier molecular flexibility index (Phi) is 5.21. The molecule has 0 aliphatic carbocycles. The highest BCUT2D eigenvalue weighted by molar-refractivity contribution is 7.91. The summed E-state index contributed by atoms with van der Waals surface area (Å²) in [7, 11) is -6.35. The van der Waals surface area contributed by atoms with Crippen LogP contribution in [0.25, 0.3) is 0 Å². The third-order valence-electron chi connectivity index (χ3n) is 2.98. The van der Waals surface area contributed by atoms with Crippen LogP contribution >= 0.6 is 0 Å². The predicted octanol–water partition coefficient (Wildman–Crippen LogP) is 1.63. The predicted molar refractivity (Wildman–Crippen MR) is 81.7 cm³/mol. The summed E-state index contributed by atoms with van der Waals surface area (Å²) < 4.78 is 46.2. The largest absolute Gasteiger partial charge is 0.381 e. The molecule has 0 bridgehead atoms. The molecule has 1 unspecified atom stereocenters. The van der Waals surface area contributed by atoms with Crippen molar-refractivity contribution in [2.24, 2.45) is 0 Å². The molecule has 20 heavy (non-hydrogen) atoms. The third-order valence-corrected chi connectivity index (χ3v) is 5.98.